The highest BCUT2D eigenvalue weighted by atomic mass is 16.1. The van der Waals surface area contributed by atoms with Gasteiger partial charge in [0.2, 0.25) is 0 Å². The first-order chi connectivity index (χ1) is 10.3. The van der Waals surface area contributed by atoms with Crippen molar-refractivity contribution in [2.45, 2.75) is 19.4 Å². The predicted octanol–water partition coefficient (Wildman–Crippen LogP) is 2.09. The molecule has 0 radical (unpaired) electrons. The molecule has 0 saturated carbocycles. The molecule has 0 saturated heterocycles. The standard InChI is InChI=1S/C16H16N4O/c21-16-15-12(5-3-8-17-16)18-14(19-15)10-20-9-7-11-4-1-2-6-13(11)20/h1-2,4,6-7,9H,3,5,8,10H2,(H,17,21)(H,18,19). The molecule has 106 valence electrons. The summed E-state index contributed by atoms with van der Waals surface area (Å²) in [4.78, 5) is 19.7. The second kappa shape index (κ2) is 4.77. The van der Waals surface area contributed by atoms with E-state index in [-0.39, 0.29) is 5.91 Å². The van der Waals surface area contributed by atoms with E-state index in [0.717, 1.165) is 30.9 Å². The molecule has 1 aromatic carbocycles. The zero-order valence-corrected chi connectivity index (χ0v) is 11.6. The van der Waals surface area contributed by atoms with Crippen molar-refractivity contribution in [1.82, 2.24) is 19.9 Å². The van der Waals surface area contributed by atoms with Gasteiger partial charge in [0.15, 0.2) is 0 Å². The van der Waals surface area contributed by atoms with Crippen LogP contribution < -0.4 is 5.32 Å². The molecule has 2 aromatic heterocycles. The van der Waals surface area contributed by atoms with E-state index in [9.17, 15) is 4.79 Å². The van der Waals surface area contributed by atoms with Crippen molar-refractivity contribution in [3.8, 4) is 0 Å². The van der Waals surface area contributed by atoms with E-state index < -0.39 is 0 Å². The second-order valence-corrected chi connectivity index (χ2v) is 5.37. The number of hydrogen-bond donors (Lipinski definition) is 2. The first-order valence-electron chi connectivity index (χ1n) is 7.21. The number of rotatable bonds is 2. The van der Waals surface area contributed by atoms with Crippen LogP contribution in [0, 0.1) is 0 Å². The normalized spacial score (nSPS) is 14.8. The molecular formula is C16H16N4O. The van der Waals surface area contributed by atoms with Crippen molar-refractivity contribution in [2.75, 3.05) is 6.54 Å². The van der Waals surface area contributed by atoms with E-state index in [1.54, 1.807) is 0 Å². The van der Waals surface area contributed by atoms with Crippen LogP contribution in [0.3, 0.4) is 0 Å². The molecular weight excluding hydrogens is 264 g/mol. The molecule has 21 heavy (non-hydrogen) atoms. The van der Waals surface area contributed by atoms with Gasteiger partial charge in [-0.2, -0.15) is 0 Å². The molecule has 2 N–H and O–H groups in total. The van der Waals surface area contributed by atoms with Crippen molar-refractivity contribution in [3.05, 3.63) is 53.7 Å². The molecule has 5 heteroatoms. The number of hydrogen-bond acceptors (Lipinski definition) is 2. The van der Waals surface area contributed by atoms with E-state index in [2.05, 4.69) is 44.2 Å². The van der Waals surface area contributed by atoms with E-state index in [1.807, 2.05) is 12.1 Å². The monoisotopic (exact) mass is 280 g/mol. The Labute approximate surface area is 122 Å². The number of aromatic amines is 1. The summed E-state index contributed by atoms with van der Waals surface area (Å²) >= 11 is 0. The Balaban J connectivity index is 1.69. The summed E-state index contributed by atoms with van der Waals surface area (Å²) in [6.45, 7) is 1.37. The molecule has 0 spiro atoms. The van der Waals surface area contributed by atoms with Crippen LogP contribution >= 0.6 is 0 Å². The number of carbonyl (C=O) groups excluding carboxylic acids is 1. The van der Waals surface area contributed by atoms with Gasteiger partial charge in [-0.05, 0) is 30.4 Å². The highest BCUT2D eigenvalue weighted by Crippen LogP contribution is 2.17. The smallest absolute Gasteiger partial charge is 0.271 e. The Bertz CT molecular complexity index is 815. The second-order valence-electron chi connectivity index (χ2n) is 5.37. The van der Waals surface area contributed by atoms with E-state index in [1.165, 1.54) is 10.9 Å². The summed E-state index contributed by atoms with van der Waals surface area (Å²) < 4.78 is 2.14. The molecule has 0 fully saturated rings. The van der Waals surface area contributed by atoms with Crippen LogP contribution in [-0.4, -0.2) is 27.0 Å². The molecule has 5 nitrogen and oxygen atoms in total. The van der Waals surface area contributed by atoms with Gasteiger partial charge in [0, 0.05) is 24.0 Å². The maximum absolute atomic E-state index is 11.9. The zero-order valence-electron chi connectivity index (χ0n) is 11.6. The fraction of sp³-hybridized carbons (Fsp3) is 0.250. The lowest BCUT2D eigenvalue weighted by Gasteiger charge is -2.03. The summed E-state index contributed by atoms with van der Waals surface area (Å²) in [7, 11) is 0. The van der Waals surface area contributed by atoms with Gasteiger partial charge in [-0.1, -0.05) is 18.2 Å². The third-order valence-corrected chi connectivity index (χ3v) is 3.93. The molecule has 3 aromatic rings. The van der Waals surface area contributed by atoms with Crippen molar-refractivity contribution >= 4 is 16.8 Å². The number of carbonyl (C=O) groups is 1. The first-order valence-corrected chi connectivity index (χ1v) is 7.21. The van der Waals surface area contributed by atoms with Crippen LogP contribution in [0.4, 0.5) is 0 Å². The van der Waals surface area contributed by atoms with E-state index in [0.29, 0.717) is 12.2 Å². The zero-order chi connectivity index (χ0) is 14.2. The van der Waals surface area contributed by atoms with Crippen LogP contribution in [0.5, 0.6) is 0 Å². The van der Waals surface area contributed by atoms with Crippen LogP contribution in [0.15, 0.2) is 36.5 Å². The third kappa shape index (κ3) is 2.11. The topological polar surface area (TPSA) is 62.7 Å². The number of nitrogens with one attached hydrogen (secondary N) is 2. The van der Waals surface area contributed by atoms with Gasteiger partial charge in [0.05, 0.1) is 6.54 Å². The Morgan fingerprint density at radius 3 is 3.10 bits per heavy atom. The molecule has 0 aliphatic carbocycles. The van der Waals surface area contributed by atoms with Gasteiger partial charge in [0.25, 0.3) is 5.91 Å². The predicted molar refractivity (Wildman–Crippen MR) is 80.3 cm³/mol. The summed E-state index contributed by atoms with van der Waals surface area (Å²) in [5.41, 5.74) is 2.68. The minimum absolute atomic E-state index is 0.0673. The molecule has 1 aliphatic rings. The number of H-pyrrole nitrogens is 1. The Morgan fingerprint density at radius 2 is 2.14 bits per heavy atom. The van der Waals surface area contributed by atoms with Gasteiger partial charge < -0.3 is 14.9 Å². The maximum atomic E-state index is 11.9. The highest BCUT2D eigenvalue weighted by Gasteiger charge is 2.20. The average molecular weight is 280 g/mol. The van der Waals surface area contributed by atoms with Gasteiger partial charge >= 0.3 is 0 Å². The van der Waals surface area contributed by atoms with Crippen molar-refractivity contribution < 1.29 is 4.79 Å². The van der Waals surface area contributed by atoms with Crippen molar-refractivity contribution in [2.24, 2.45) is 0 Å². The molecule has 0 atom stereocenters. The Hall–Kier alpha value is -2.56. The highest BCUT2D eigenvalue weighted by molar-refractivity contribution is 5.93. The summed E-state index contributed by atoms with van der Waals surface area (Å²) in [6, 6.07) is 10.3. The number of imidazole rings is 1. The van der Waals surface area contributed by atoms with Crippen LogP contribution in [0.1, 0.15) is 28.4 Å². The van der Waals surface area contributed by atoms with Crippen molar-refractivity contribution in [1.29, 1.82) is 0 Å². The minimum atomic E-state index is -0.0673. The van der Waals surface area contributed by atoms with E-state index >= 15 is 0 Å². The van der Waals surface area contributed by atoms with Crippen LogP contribution in [0.2, 0.25) is 0 Å². The lowest BCUT2D eigenvalue weighted by molar-refractivity contribution is 0.0951. The van der Waals surface area contributed by atoms with Gasteiger partial charge in [-0.15, -0.1) is 0 Å². The largest absolute Gasteiger partial charge is 0.351 e. The van der Waals surface area contributed by atoms with Crippen LogP contribution in [-0.2, 0) is 13.0 Å². The quantitative estimate of drug-likeness (QED) is 0.755. The van der Waals surface area contributed by atoms with Gasteiger partial charge in [-0.25, -0.2) is 4.98 Å². The number of fused-ring (bicyclic) bond motifs is 2. The molecule has 3 heterocycles. The Kier molecular flexibility index (Phi) is 2.77. The lowest BCUT2D eigenvalue weighted by Crippen LogP contribution is -2.23. The summed E-state index contributed by atoms with van der Waals surface area (Å²) in [6.07, 6.45) is 3.87. The number of amides is 1. The number of aromatic nitrogens is 3. The lowest BCUT2D eigenvalue weighted by atomic mass is 10.2. The fourth-order valence-electron chi connectivity index (χ4n) is 2.90. The molecule has 1 amide bonds. The molecule has 0 bridgehead atoms. The SMILES string of the molecule is O=C1NCCCc2[nH]c(Cn3ccc4ccccc43)nc21. The van der Waals surface area contributed by atoms with Crippen LogP contribution in [0.25, 0.3) is 10.9 Å². The fourth-order valence-corrected chi connectivity index (χ4v) is 2.90. The van der Waals surface area contributed by atoms with E-state index in [4.69, 9.17) is 0 Å². The number of para-hydroxylation sites is 1. The minimum Gasteiger partial charge on any atom is -0.351 e. The number of benzene rings is 1. The number of aryl methyl sites for hydroxylation is 1. The number of nitrogens with zero attached hydrogens (tertiary/aromatic N) is 2. The molecule has 1 aliphatic heterocycles. The maximum Gasteiger partial charge on any atom is 0.271 e. The Morgan fingerprint density at radius 1 is 1.24 bits per heavy atom. The average Bonchev–Trinajstić information content (AvgIpc) is 3.05. The summed E-state index contributed by atoms with van der Waals surface area (Å²) in [5, 5.41) is 4.09. The van der Waals surface area contributed by atoms with Gasteiger partial charge in [0.1, 0.15) is 11.5 Å². The summed E-state index contributed by atoms with van der Waals surface area (Å²) in [5.74, 6) is 0.765. The molecule has 0 unspecified atom stereocenters. The third-order valence-electron chi connectivity index (χ3n) is 3.93. The van der Waals surface area contributed by atoms with Gasteiger partial charge in [-0.3, -0.25) is 4.79 Å². The molecule has 4 rings (SSSR count). The van der Waals surface area contributed by atoms with Crippen molar-refractivity contribution in [3.63, 3.8) is 0 Å². The first kappa shape index (κ1) is 12.2.